The lowest BCUT2D eigenvalue weighted by atomic mass is 10.1. The number of allylic oxidation sites excluding steroid dienone is 1. The first-order valence-electron chi connectivity index (χ1n) is 11.3. The molecule has 0 aliphatic carbocycles. The molecule has 0 fully saturated rings. The van der Waals surface area contributed by atoms with Gasteiger partial charge in [-0.15, -0.1) is 29.3 Å². The first-order valence-corrected chi connectivity index (χ1v) is 13.4. The molecule has 2 aromatic heterocycles. The van der Waals surface area contributed by atoms with Gasteiger partial charge in [-0.1, -0.05) is 29.8 Å². The summed E-state index contributed by atoms with van der Waals surface area (Å²) in [5.74, 6) is -0.809. The summed E-state index contributed by atoms with van der Waals surface area (Å²) in [6, 6.07) is 16.1. The van der Waals surface area contributed by atoms with Crippen LogP contribution in [0.2, 0.25) is 5.02 Å². The van der Waals surface area contributed by atoms with Crippen LogP contribution in [-0.2, 0) is 4.79 Å². The SMILES string of the molecule is C=CCNc1sc(/C(O)=C(\C#N)c2nc3ccccc3s2)c(N)c1C(=O)Nc1ccc(Cl)cc1.CN(C)C=O. The number of nitrogens with zero attached hydrogens (tertiary/aromatic N) is 3. The van der Waals surface area contributed by atoms with Crippen LogP contribution in [0.1, 0.15) is 20.2 Å². The van der Waals surface area contributed by atoms with Gasteiger partial charge in [-0.2, -0.15) is 5.26 Å². The second kappa shape index (κ2) is 13.4. The van der Waals surface area contributed by atoms with Crippen LogP contribution < -0.4 is 16.4 Å². The van der Waals surface area contributed by atoms with Gasteiger partial charge in [0.1, 0.15) is 21.7 Å². The number of fused-ring (bicyclic) bond motifs is 1. The molecule has 9 nitrogen and oxygen atoms in total. The van der Waals surface area contributed by atoms with Crippen molar-refractivity contribution in [3.05, 3.63) is 81.7 Å². The van der Waals surface area contributed by atoms with Gasteiger partial charge in [0.25, 0.3) is 5.91 Å². The zero-order chi connectivity index (χ0) is 28.5. The summed E-state index contributed by atoms with van der Waals surface area (Å²) in [6.45, 7) is 4.05. The molecule has 0 saturated heterocycles. The molecule has 2 amide bonds. The van der Waals surface area contributed by atoms with E-state index in [0.717, 1.165) is 28.0 Å². The topological polar surface area (TPSA) is 144 Å². The highest BCUT2D eigenvalue weighted by molar-refractivity contribution is 7.20. The first kappa shape index (κ1) is 29.2. The smallest absolute Gasteiger partial charge is 0.260 e. The number of para-hydroxylation sites is 1. The van der Waals surface area contributed by atoms with Crippen molar-refractivity contribution in [2.24, 2.45) is 0 Å². The second-order valence-electron chi connectivity index (χ2n) is 8.07. The molecule has 2 aromatic carbocycles. The van der Waals surface area contributed by atoms with Gasteiger partial charge < -0.3 is 26.4 Å². The minimum absolute atomic E-state index is 0.0194. The molecule has 0 atom stereocenters. The number of benzene rings is 2. The van der Waals surface area contributed by atoms with Crippen molar-refractivity contribution < 1.29 is 14.7 Å². The molecule has 0 aliphatic rings. The van der Waals surface area contributed by atoms with Crippen LogP contribution in [0.5, 0.6) is 0 Å². The van der Waals surface area contributed by atoms with Gasteiger partial charge in [-0.05, 0) is 36.4 Å². The van der Waals surface area contributed by atoms with Gasteiger partial charge in [0, 0.05) is 31.4 Å². The molecule has 12 heteroatoms. The van der Waals surface area contributed by atoms with E-state index in [4.69, 9.17) is 17.3 Å². The van der Waals surface area contributed by atoms with Crippen LogP contribution in [0.25, 0.3) is 21.5 Å². The number of halogens is 1. The van der Waals surface area contributed by atoms with Crippen molar-refractivity contribution in [1.82, 2.24) is 9.88 Å². The van der Waals surface area contributed by atoms with Crippen LogP contribution >= 0.6 is 34.3 Å². The van der Waals surface area contributed by atoms with Gasteiger partial charge in [-0.3, -0.25) is 9.59 Å². The third-order valence-corrected chi connectivity index (χ3v) is 7.44. The van der Waals surface area contributed by atoms with Gasteiger partial charge in [0.2, 0.25) is 6.41 Å². The van der Waals surface area contributed by atoms with E-state index in [2.05, 4.69) is 22.2 Å². The molecular formula is C27H25ClN6O3S2. The average molecular weight is 581 g/mol. The minimum atomic E-state index is -0.472. The molecule has 0 saturated carbocycles. The maximum atomic E-state index is 13.1. The molecule has 0 unspecified atom stereocenters. The number of carbonyl (C=O) groups is 2. The Morgan fingerprint density at radius 1 is 1.23 bits per heavy atom. The molecule has 0 bridgehead atoms. The molecular weight excluding hydrogens is 556 g/mol. The number of nitrogens with one attached hydrogen (secondary N) is 2. The number of thiophene rings is 1. The van der Waals surface area contributed by atoms with Gasteiger partial charge in [0.05, 0.1) is 26.3 Å². The molecule has 5 N–H and O–H groups in total. The minimum Gasteiger partial charge on any atom is -0.505 e. The van der Waals surface area contributed by atoms with Crippen molar-refractivity contribution >= 4 is 84.5 Å². The number of aliphatic hydroxyl groups excluding tert-OH is 1. The number of thiazole rings is 1. The van der Waals surface area contributed by atoms with E-state index < -0.39 is 5.91 Å². The number of rotatable bonds is 8. The van der Waals surface area contributed by atoms with Crippen molar-refractivity contribution in [2.45, 2.75) is 0 Å². The summed E-state index contributed by atoms with van der Waals surface area (Å²) in [4.78, 5) is 28.6. The largest absolute Gasteiger partial charge is 0.505 e. The van der Waals surface area contributed by atoms with Gasteiger partial charge in [-0.25, -0.2) is 4.98 Å². The summed E-state index contributed by atoms with van der Waals surface area (Å²) in [5, 5.41) is 28.1. The average Bonchev–Trinajstić information content (AvgIpc) is 3.50. The summed E-state index contributed by atoms with van der Waals surface area (Å²) in [7, 11) is 3.38. The van der Waals surface area contributed by atoms with E-state index in [9.17, 15) is 20.0 Å². The number of aliphatic hydroxyl groups is 1. The molecule has 0 radical (unpaired) electrons. The number of carbonyl (C=O) groups excluding carboxylic acids is 2. The van der Waals surface area contributed by atoms with Crippen LogP contribution in [0.4, 0.5) is 16.4 Å². The fourth-order valence-corrected chi connectivity index (χ4v) is 5.32. The normalized spacial score (nSPS) is 10.9. The molecule has 39 heavy (non-hydrogen) atoms. The van der Waals surface area contributed by atoms with E-state index in [-0.39, 0.29) is 27.5 Å². The predicted octanol–water partition coefficient (Wildman–Crippen LogP) is 6.10. The van der Waals surface area contributed by atoms with Crippen LogP contribution in [0.15, 0.2) is 61.2 Å². The number of hydrogen-bond acceptors (Lipinski definition) is 9. The van der Waals surface area contributed by atoms with Gasteiger partial charge in [0.15, 0.2) is 5.76 Å². The van der Waals surface area contributed by atoms with E-state index in [0.29, 0.717) is 27.3 Å². The van der Waals surface area contributed by atoms with Crippen LogP contribution in [-0.4, -0.2) is 47.9 Å². The standard InChI is InChI=1S/C24H18ClN5O2S2.C3H7NO/c1-2-11-28-24-18(22(32)29-14-9-7-13(25)8-10-14)19(27)21(34-24)20(31)15(12-26)23-30-16-5-3-4-6-17(16)33-23;1-4(2)3-5/h2-10,28,31H,1,11,27H2,(H,29,32);3H,1-2H3/b20-15-;. The molecule has 0 spiro atoms. The first-order chi connectivity index (χ1) is 18.7. The lowest BCUT2D eigenvalue weighted by molar-refractivity contribution is -0.115. The maximum absolute atomic E-state index is 13.1. The molecule has 2 heterocycles. The van der Waals surface area contributed by atoms with Crippen molar-refractivity contribution in [3.8, 4) is 6.07 Å². The van der Waals surface area contributed by atoms with Crippen molar-refractivity contribution in [3.63, 3.8) is 0 Å². The Morgan fingerprint density at radius 2 is 1.90 bits per heavy atom. The highest BCUT2D eigenvalue weighted by atomic mass is 35.5. The fourth-order valence-electron chi connectivity index (χ4n) is 3.16. The Labute approximate surface area is 238 Å². The molecule has 200 valence electrons. The Morgan fingerprint density at radius 3 is 2.49 bits per heavy atom. The lowest BCUT2D eigenvalue weighted by Crippen LogP contribution is -2.15. The Kier molecular flexibility index (Phi) is 10.1. The quantitative estimate of drug-likeness (QED) is 0.0853. The van der Waals surface area contributed by atoms with Crippen LogP contribution in [0, 0.1) is 11.3 Å². The summed E-state index contributed by atoms with van der Waals surface area (Å²) >= 11 is 8.28. The second-order valence-corrected chi connectivity index (χ2v) is 10.6. The predicted molar refractivity (Wildman–Crippen MR) is 161 cm³/mol. The number of hydrogen-bond donors (Lipinski definition) is 4. The number of nitrogen functional groups attached to an aromatic ring is 1. The zero-order valence-corrected chi connectivity index (χ0v) is 23.5. The highest BCUT2D eigenvalue weighted by Crippen LogP contribution is 2.42. The van der Waals surface area contributed by atoms with Gasteiger partial charge >= 0.3 is 0 Å². The van der Waals surface area contributed by atoms with E-state index in [1.165, 1.54) is 16.2 Å². The third kappa shape index (κ3) is 7.14. The number of anilines is 3. The third-order valence-electron chi connectivity index (χ3n) is 4.96. The number of nitriles is 1. The summed E-state index contributed by atoms with van der Waals surface area (Å²) in [6.07, 6.45) is 2.38. The Hall–Kier alpha value is -4.37. The number of nitrogens with two attached hydrogens (primary N) is 1. The fraction of sp³-hybridized carbons (Fsp3) is 0.111. The molecule has 4 aromatic rings. The van der Waals surface area contributed by atoms with Crippen LogP contribution in [0.3, 0.4) is 0 Å². The highest BCUT2D eigenvalue weighted by Gasteiger charge is 2.26. The Balaban J connectivity index is 0.000000771. The lowest BCUT2D eigenvalue weighted by Gasteiger charge is -2.08. The van der Waals surface area contributed by atoms with E-state index in [1.54, 1.807) is 44.4 Å². The van der Waals surface area contributed by atoms with E-state index >= 15 is 0 Å². The summed E-state index contributed by atoms with van der Waals surface area (Å²) < 4.78 is 0.883. The molecule has 4 rings (SSSR count). The zero-order valence-electron chi connectivity index (χ0n) is 21.1. The monoisotopic (exact) mass is 580 g/mol. The maximum Gasteiger partial charge on any atom is 0.260 e. The van der Waals surface area contributed by atoms with Crippen molar-refractivity contribution in [2.75, 3.05) is 37.0 Å². The molecule has 0 aliphatic heterocycles. The Bertz CT molecular complexity index is 1540. The van der Waals surface area contributed by atoms with E-state index in [1.807, 2.05) is 30.3 Å². The summed E-state index contributed by atoms with van der Waals surface area (Å²) in [5.41, 5.74) is 7.78. The number of aromatic nitrogens is 1. The van der Waals surface area contributed by atoms with Crippen molar-refractivity contribution in [1.29, 1.82) is 5.26 Å². The number of amides is 2.